The van der Waals surface area contributed by atoms with Gasteiger partial charge < -0.3 is 0 Å². The van der Waals surface area contributed by atoms with Crippen LogP contribution in [0.3, 0.4) is 0 Å². The maximum Gasteiger partial charge on any atom is 0.131 e. The van der Waals surface area contributed by atoms with Crippen molar-refractivity contribution in [3.05, 3.63) is 158 Å². The SMILES string of the molecule is c1ccc(-n2c3ccccc3c3c4ccccc4n(-c4ccc5c(c4)-c4ccccc4-c4ncncc4-c4ccccc4-5)c32)cc1. The van der Waals surface area contributed by atoms with Crippen molar-refractivity contribution >= 4 is 32.8 Å². The number of rotatable bonds is 2. The molecule has 0 radical (unpaired) electrons. The summed E-state index contributed by atoms with van der Waals surface area (Å²) in [6, 6.07) is 52.4. The molecule has 0 amide bonds. The van der Waals surface area contributed by atoms with Crippen LogP contribution in [0.4, 0.5) is 0 Å². The fraction of sp³-hybridized carbons (Fsp3) is 0. The summed E-state index contributed by atoms with van der Waals surface area (Å²) in [6.07, 6.45) is 3.60. The maximum absolute atomic E-state index is 4.84. The maximum atomic E-state index is 4.84. The summed E-state index contributed by atoms with van der Waals surface area (Å²) in [7, 11) is 0. The van der Waals surface area contributed by atoms with Gasteiger partial charge in [0.15, 0.2) is 0 Å². The molecule has 6 aromatic carbocycles. The van der Waals surface area contributed by atoms with E-state index in [1.807, 2.05) is 6.20 Å². The number of para-hydroxylation sites is 3. The van der Waals surface area contributed by atoms with Crippen molar-refractivity contribution in [3.63, 3.8) is 0 Å². The molecule has 1 aliphatic carbocycles. The minimum absolute atomic E-state index is 0.951. The summed E-state index contributed by atoms with van der Waals surface area (Å²) in [5.41, 5.74) is 14.7. The summed E-state index contributed by atoms with van der Waals surface area (Å²) in [5, 5.41) is 3.75. The Morgan fingerprint density at radius 2 is 0.957 bits per heavy atom. The first-order valence-corrected chi connectivity index (χ1v) is 15.6. The molecule has 0 fully saturated rings. The molecule has 3 heterocycles. The van der Waals surface area contributed by atoms with E-state index < -0.39 is 0 Å². The van der Waals surface area contributed by atoms with Gasteiger partial charge in [0.25, 0.3) is 0 Å². The van der Waals surface area contributed by atoms with Crippen molar-refractivity contribution in [3.8, 4) is 56.0 Å². The van der Waals surface area contributed by atoms with Crippen LogP contribution in [0.25, 0.3) is 88.9 Å². The monoisotopic (exact) mass is 586 g/mol. The fourth-order valence-electron chi connectivity index (χ4n) is 7.55. The zero-order chi connectivity index (χ0) is 30.2. The average Bonchev–Trinajstić information content (AvgIpc) is 3.64. The van der Waals surface area contributed by atoms with Gasteiger partial charge >= 0.3 is 0 Å². The molecular formula is C42H26N4. The summed E-state index contributed by atoms with van der Waals surface area (Å²) in [5.74, 6) is 0. The first-order valence-electron chi connectivity index (χ1n) is 15.6. The highest BCUT2D eigenvalue weighted by atomic mass is 15.1. The molecule has 3 aromatic heterocycles. The van der Waals surface area contributed by atoms with Crippen LogP contribution in [0.5, 0.6) is 0 Å². The van der Waals surface area contributed by atoms with E-state index in [-0.39, 0.29) is 0 Å². The van der Waals surface area contributed by atoms with E-state index in [2.05, 4.69) is 160 Å². The Hall–Kier alpha value is -6.26. The second-order valence-electron chi connectivity index (χ2n) is 11.8. The second-order valence-corrected chi connectivity index (χ2v) is 11.8. The molecule has 1 aliphatic rings. The van der Waals surface area contributed by atoms with E-state index in [9.17, 15) is 0 Å². The third-order valence-corrected chi connectivity index (χ3v) is 9.44. The quantitative estimate of drug-likeness (QED) is 0.202. The predicted octanol–water partition coefficient (Wildman–Crippen LogP) is 10.5. The van der Waals surface area contributed by atoms with Crippen LogP contribution in [-0.4, -0.2) is 19.1 Å². The third kappa shape index (κ3) is 3.44. The van der Waals surface area contributed by atoms with E-state index >= 15 is 0 Å². The topological polar surface area (TPSA) is 35.6 Å². The molecule has 0 saturated heterocycles. The molecule has 46 heavy (non-hydrogen) atoms. The number of hydrogen-bond acceptors (Lipinski definition) is 2. The van der Waals surface area contributed by atoms with E-state index in [4.69, 9.17) is 4.98 Å². The van der Waals surface area contributed by atoms with Crippen molar-refractivity contribution in [2.24, 2.45) is 0 Å². The lowest BCUT2D eigenvalue weighted by Gasteiger charge is -2.23. The standard InChI is InChI=1S/C42H26N4/c1-2-12-27(13-3-1)45-38-20-10-8-18-34(38)40-35-19-9-11-21-39(35)46(42(40)45)28-22-23-32-29-14-4-5-15-30(29)37-25-43-26-44-41(37)33-17-7-6-16-31(33)36(32)24-28/h1-26H. The first kappa shape index (κ1) is 25.1. The van der Waals surface area contributed by atoms with Gasteiger partial charge in [0, 0.05) is 44.9 Å². The lowest BCUT2D eigenvalue weighted by molar-refractivity contribution is 1.07. The lowest BCUT2D eigenvalue weighted by Crippen LogP contribution is -2.03. The van der Waals surface area contributed by atoms with Crippen LogP contribution >= 0.6 is 0 Å². The summed E-state index contributed by atoms with van der Waals surface area (Å²) in [4.78, 5) is 9.28. The van der Waals surface area contributed by atoms with Crippen LogP contribution in [-0.2, 0) is 0 Å². The molecule has 0 bridgehead atoms. The Morgan fingerprint density at radius 3 is 1.67 bits per heavy atom. The lowest BCUT2D eigenvalue weighted by atomic mass is 9.83. The van der Waals surface area contributed by atoms with Gasteiger partial charge in [0.05, 0.1) is 16.7 Å². The predicted molar refractivity (Wildman–Crippen MR) is 189 cm³/mol. The van der Waals surface area contributed by atoms with Gasteiger partial charge in [-0.05, 0) is 64.2 Å². The van der Waals surface area contributed by atoms with Gasteiger partial charge in [-0.1, -0.05) is 109 Å². The molecule has 0 unspecified atom stereocenters. The Bertz CT molecular complexity index is 2640. The number of fused-ring (bicyclic) bond motifs is 13. The molecule has 0 N–H and O–H groups in total. The minimum atomic E-state index is 0.951. The van der Waals surface area contributed by atoms with E-state index in [1.165, 1.54) is 43.9 Å². The normalized spacial score (nSPS) is 11.9. The summed E-state index contributed by atoms with van der Waals surface area (Å²) in [6.45, 7) is 0. The largest absolute Gasteiger partial charge is 0.295 e. The highest BCUT2D eigenvalue weighted by Gasteiger charge is 2.25. The highest BCUT2D eigenvalue weighted by molar-refractivity contribution is 6.22. The zero-order valence-electron chi connectivity index (χ0n) is 24.8. The highest BCUT2D eigenvalue weighted by Crippen LogP contribution is 2.48. The summed E-state index contributed by atoms with van der Waals surface area (Å²) >= 11 is 0. The van der Waals surface area contributed by atoms with E-state index in [1.54, 1.807) is 6.33 Å². The molecule has 10 rings (SSSR count). The molecular weight excluding hydrogens is 560 g/mol. The minimum Gasteiger partial charge on any atom is -0.295 e. The Labute approximate surface area is 265 Å². The van der Waals surface area contributed by atoms with Crippen molar-refractivity contribution in [2.75, 3.05) is 0 Å². The zero-order valence-corrected chi connectivity index (χ0v) is 24.8. The Morgan fingerprint density at radius 1 is 0.413 bits per heavy atom. The molecule has 0 spiro atoms. The van der Waals surface area contributed by atoms with Gasteiger partial charge in [-0.2, -0.15) is 0 Å². The van der Waals surface area contributed by atoms with Crippen molar-refractivity contribution < 1.29 is 0 Å². The Balaban J connectivity index is 1.35. The van der Waals surface area contributed by atoms with Crippen LogP contribution in [0.2, 0.25) is 0 Å². The number of nitrogens with zero attached hydrogens (tertiary/aromatic N) is 4. The van der Waals surface area contributed by atoms with Gasteiger partial charge in [0.2, 0.25) is 0 Å². The second kappa shape index (κ2) is 9.62. The molecule has 0 aliphatic heterocycles. The molecule has 9 aromatic rings. The first-order chi connectivity index (χ1) is 22.9. The van der Waals surface area contributed by atoms with Crippen molar-refractivity contribution in [1.29, 1.82) is 0 Å². The average molecular weight is 587 g/mol. The molecule has 4 heteroatoms. The van der Waals surface area contributed by atoms with Crippen LogP contribution in [0.1, 0.15) is 0 Å². The van der Waals surface area contributed by atoms with E-state index in [0.717, 1.165) is 45.0 Å². The molecule has 214 valence electrons. The van der Waals surface area contributed by atoms with E-state index in [0.29, 0.717) is 0 Å². The van der Waals surface area contributed by atoms with Crippen LogP contribution < -0.4 is 0 Å². The number of aromatic nitrogens is 4. The molecule has 4 nitrogen and oxygen atoms in total. The number of benzene rings is 6. The Kier molecular flexibility index (Phi) is 5.25. The molecule has 0 atom stereocenters. The number of hydrogen-bond donors (Lipinski definition) is 0. The smallest absolute Gasteiger partial charge is 0.131 e. The molecule has 0 saturated carbocycles. The van der Waals surface area contributed by atoms with Gasteiger partial charge in [-0.3, -0.25) is 9.13 Å². The van der Waals surface area contributed by atoms with Crippen LogP contribution in [0.15, 0.2) is 158 Å². The van der Waals surface area contributed by atoms with Crippen molar-refractivity contribution in [1.82, 2.24) is 19.1 Å². The summed E-state index contributed by atoms with van der Waals surface area (Å²) < 4.78 is 4.86. The van der Waals surface area contributed by atoms with Gasteiger partial charge in [0.1, 0.15) is 12.0 Å². The van der Waals surface area contributed by atoms with Crippen molar-refractivity contribution in [2.45, 2.75) is 0 Å². The fourth-order valence-corrected chi connectivity index (χ4v) is 7.55. The van der Waals surface area contributed by atoms with Crippen LogP contribution in [0, 0.1) is 0 Å². The van der Waals surface area contributed by atoms with Gasteiger partial charge in [-0.15, -0.1) is 0 Å². The third-order valence-electron chi connectivity index (χ3n) is 9.44. The van der Waals surface area contributed by atoms with Gasteiger partial charge in [-0.25, -0.2) is 9.97 Å².